The molecule has 2 rings (SSSR count). The van der Waals surface area contributed by atoms with Crippen molar-refractivity contribution in [3.05, 3.63) is 58.9 Å². The molecule has 24 heavy (non-hydrogen) atoms. The number of nitrogens with one attached hydrogen (secondary N) is 2. The van der Waals surface area contributed by atoms with E-state index in [9.17, 15) is 14.0 Å². The van der Waals surface area contributed by atoms with Gasteiger partial charge in [0.15, 0.2) is 0 Å². The first-order valence-electron chi connectivity index (χ1n) is 6.73. The van der Waals surface area contributed by atoms with Crippen LogP contribution in [0.15, 0.2) is 47.6 Å². The maximum absolute atomic E-state index is 13.5. The molecule has 0 aromatic heterocycles. The van der Waals surface area contributed by atoms with Gasteiger partial charge in [-0.3, -0.25) is 9.59 Å². The average Bonchev–Trinajstić information content (AvgIpc) is 2.58. The van der Waals surface area contributed by atoms with E-state index in [1.54, 1.807) is 24.3 Å². The number of carbonyl (C=O) groups excluding carboxylic acids is 2. The van der Waals surface area contributed by atoms with Crippen molar-refractivity contribution in [2.24, 2.45) is 5.10 Å². The number of rotatable bonds is 4. The highest BCUT2D eigenvalue weighted by Crippen LogP contribution is 2.16. The summed E-state index contributed by atoms with van der Waals surface area (Å²) < 4.78 is 18.5. The Bertz CT molecular complexity index is 758. The zero-order chi connectivity index (χ0) is 17.5. The van der Waals surface area contributed by atoms with Gasteiger partial charge in [-0.25, -0.2) is 9.82 Å². The predicted octanol–water partition coefficient (Wildman–Crippen LogP) is 2.58. The van der Waals surface area contributed by atoms with Crippen molar-refractivity contribution in [1.29, 1.82) is 0 Å². The van der Waals surface area contributed by atoms with E-state index in [0.717, 1.165) is 6.21 Å². The molecule has 6 nitrogen and oxygen atoms in total. The SMILES string of the molecule is COc1ccc(NC(=O)C(=O)NN=Cc2c(F)cccc2Cl)cc1. The number of carbonyl (C=O) groups is 2. The van der Waals surface area contributed by atoms with Gasteiger partial charge in [-0.05, 0) is 36.4 Å². The summed E-state index contributed by atoms with van der Waals surface area (Å²) in [6.45, 7) is 0. The fourth-order valence-corrected chi connectivity index (χ4v) is 1.91. The summed E-state index contributed by atoms with van der Waals surface area (Å²) in [6.07, 6.45) is 1.02. The van der Waals surface area contributed by atoms with E-state index in [1.807, 2.05) is 5.43 Å². The van der Waals surface area contributed by atoms with Crippen molar-refractivity contribution in [2.75, 3.05) is 12.4 Å². The van der Waals surface area contributed by atoms with E-state index >= 15 is 0 Å². The molecule has 0 fully saturated rings. The van der Waals surface area contributed by atoms with Gasteiger partial charge in [0.2, 0.25) is 0 Å². The summed E-state index contributed by atoms with van der Waals surface area (Å²) in [4.78, 5) is 23.4. The fourth-order valence-electron chi connectivity index (χ4n) is 1.70. The highest BCUT2D eigenvalue weighted by molar-refractivity contribution is 6.39. The second-order valence-corrected chi connectivity index (χ2v) is 4.92. The number of methoxy groups -OCH3 is 1. The number of amides is 2. The second-order valence-electron chi connectivity index (χ2n) is 4.52. The lowest BCUT2D eigenvalue weighted by Gasteiger charge is -2.05. The van der Waals surface area contributed by atoms with Crippen LogP contribution in [0.25, 0.3) is 0 Å². The molecular formula is C16H13ClFN3O3. The molecule has 0 heterocycles. The van der Waals surface area contributed by atoms with Crippen LogP contribution in [0.5, 0.6) is 5.75 Å². The van der Waals surface area contributed by atoms with Crippen LogP contribution in [-0.2, 0) is 9.59 Å². The first-order chi connectivity index (χ1) is 11.5. The Morgan fingerprint density at radius 2 is 1.88 bits per heavy atom. The van der Waals surface area contributed by atoms with E-state index in [0.29, 0.717) is 11.4 Å². The Labute approximate surface area is 142 Å². The van der Waals surface area contributed by atoms with E-state index in [-0.39, 0.29) is 10.6 Å². The molecule has 0 saturated heterocycles. The lowest BCUT2D eigenvalue weighted by atomic mass is 10.2. The second kappa shape index (κ2) is 8.07. The van der Waals surface area contributed by atoms with Gasteiger partial charge in [-0.2, -0.15) is 5.10 Å². The van der Waals surface area contributed by atoms with Gasteiger partial charge in [0.25, 0.3) is 0 Å². The molecule has 0 aliphatic rings. The molecule has 2 aromatic rings. The summed E-state index contributed by atoms with van der Waals surface area (Å²) in [5, 5.41) is 6.04. The van der Waals surface area contributed by atoms with Crippen LogP contribution in [0.2, 0.25) is 5.02 Å². The molecule has 0 saturated carbocycles. The summed E-state index contributed by atoms with van der Waals surface area (Å²) in [6, 6.07) is 10.5. The van der Waals surface area contributed by atoms with Gasteiger partial charge in [-0.1, -0.05) is 17.7 Å². The van der Waals surface area contributed by atoms with Gasteiger partial charge in [0.05, 0.1) is 18.3 Å². The quantitative estimate of drug-likeness (QED) is 0.506. The van der Waals surface area contributed by atoms with E-state index in [1.165, 1.54) is 25.3 Å². The predicted molar refractivity (Wildman–Crippen MR) is 88.8 cm³/mol. The van der Waals surface area contributed by atoms with Gasteiger partial charge in [0, 0.05) is 11.3 Å². The molecule has 0 unspecified atom stereocenters. The Morgan fingerprint density at radius 3 is 2.50 bits per heavy atom. The maximum atomic E-state index is 13.5. The molecule has 2 N–H and O–H groups in total. The minimum atomic E-state index is -1.01. The van der Waals surface area contributed by atoms with Crippen molar-refractivity contribution >= 4 is 35.3 Å². The van der Waals surface area contributed by atoms with Crippen molar-refractivity contribution in [1.82, 2.24) is 5.43 Å². The van der Waals surface area contributed by atoms with Crippen LogP contribution in [0.1, 0.15) is 5.56 Å². The van der Waals surface area contributed by atoms with Crippen LogP contribution in [0, 0.1) is 5.82 Å². The molecule has 8 heteroatoms. The standard InChI is InChI=1S/C16H13ClFN3O3/c1-24-11-7-5-10(6-8-11)20-15(22)16(23)21-19-9-12-13(17)3-2-4-14(12)18/h2-9H,1H3,(H,20,22)(H,21,23). The molecule has 124 valence electrons. The lowest BCUT2D eigenvalue weighted by molar-refractivity contribution is -0.136. The molecule has 0 radical (unpaired) electrons. The number of anilines is 1. The van der Waals surface area contributed by atoms with Crippen LogP contribution in [0.3, 0.4) is 0 Å². The van der Waals surface area contributed by atoms with Crippen molar-refractivity contribution < 1.29 is 18.7 Å². The van der Waals surface area contributed by atoms with Crippen LogP contribution >= 0.6 is 11.6 Å². The average molecular weight is 350 g/mol. The van der Waals surface area contributed by atoms with E-state index in [4.69, 9.17) is 16.3 Å². The minimum absolute atomic E-state index is 0.00929. The molecule has 2 amide bonds. The summed E-state index contributed by atoms with van der Waals surface area (Å²) >= 11 is 5.81. The zero-order valence-electron chi connectivity index (χ0n) is 12.5. The Balaban J connectivity index is 1.94. The minimum Gasteiger partial charge on any atom is -0.497 e. The highest BCUT2D eigenvalue weighted by atomic mass is 35.5. The fraction of sp³-hybridized carbons (Fsp3) is 0.0625. The van der Waals surface area contributed by atoms with Crippen LogP contribution < -0.4 is 15.5 Å². The van der Waals surface area contributed by atoms with E-state index < -0.39 is 17.6 Å². The number of hydrazone groups is 1. The summed E-state index contributed by atoms with van der Waals surface area (Å²) in [5.74, 6) is -1.90. The molecule has 0 bridgehead atoms. The van der Waals surface area contributed by atoms with Crippen LogP contribution in [-0.4, -0.2) is 25.1 Å². The number of hydrogen-bond acceptors (Lipinski definition) is 4. The summed E-state index contributed by atoms with van der Waals surface area (Å²) in [5.41, 5.74) is 2.42. The highest BCUT2D eigenvalue weighted by Gasteiger charge is 2.13. The first kappa shape index (κ1) is 17.4. The molecule has 0 spiro atoms. The normalized spacial score (nSPS) is 10.5. The first-order valence-corrected chi connectivity index (χ1v) is 7.11. The summed E-state index contributed by atoms with van der Waals surface area (Å²) in [7, 11) is 1.51. The molecule has 2 aromatic carbocycles. The Hall–Kier alpha value is -2.93. The molecule has 0 atom stereocenters. The molecular weight excluding hydrogens is 337 g/mol. The number of halogens is 2. The number of ether oxygens (including phenoxy) is 1. The third-order valence-corrected chi connectivity index (χ3v) is 3.24. The van der Waals surface area contributed by atoms with Crippen molar-refractivity contribution in [3.8, 4) is 5.75 Å². The van der Waals surface area contributed by atoms with Crippen molar-refractivity contribution in [3.63, 3.8) is 0 Å². The molecule has 0 aliphatic carbocycles. The van der Waals surface area contributed by atoms with Gasteiger partial charge < -0.3 is 10.1 Å². The molecule has 0 aliphatic heterocycles. The number of hydrogen-bond donors (Lipinski definition) is 2. The third-order valence-electron chi connectivity index (χ3n) is 2.91. The van der Waals surface area contributed by atoms with Gasteiger partial charge in [-0.15, -0.1) is 0 Å². The largest absolute Gasteiger partial charge is 0.497 e. The number of nitrogens with zero attached hydrogens (tertiary/aromatic N) is 1. The zero-order valence-corrected chi connectivity index (χ0v) is 13.3. The van der Waals surface area contributed by atoms with E-state index in [2.05, 4.69) is 10.4 Å². The Morgan fingerprint density at radius 1 is 1.17 bits per heavy atom. The third kappa shape index (κ3) is 4.53. The maximum Gasteiger partial charge on any atom is 0.329 e. The smallest absolute Gasteiger partial charge is 0.329 e. The van der Waals surface area contributed by atoms with Crippen LogP contribution in [0.4, 0.5) is 10.1 Å². The lowest BCUT2D eigenvalue weighted by Crippen LogP contribution is -2.32. The van der Waals surface area contributed by atoms with Gasteiger partial charge >= 0.3 is 11.8 Å². The van der Waals surface area contributed by atoms with Crippen molar-refractivity contribution in [2.45, 2.75) is 0 Å². The monoisotopic (exact) mass is 349 g/mol. The van der Waals surface area contributed by atoms with Gasteiger partial charge in [0.1, 0.15) is 11.6 Å². The topological polar surface area (TPSA) is 79.8 Å². The number of benzene rings is 2. The Kier molecular flexibility index (Phi) is 5.86.